The molecule has 0 spiro atoms. The molecule has 3 aromatic rings. The van der Waals surface area contributed by atoms with Crippen molar-refractivity contribution in [2.24, 2.45) is 5.92 Å². The molecule has 2 N–H and O–H groups in total. The lowest BCUT2D eigenvalue weighted by Gasteiger charge is -2.24. The van der Waals surface area contributed by atoms with E-state index in [9.17, 15) is 15.0 Å². The second-order valence-electron chi connectivity index (χ2n) is 7.76. The van der Waals surface area contributed by atoms with Crippen LogP contribution >= 0.6 is 0 Å². The molecule has 2 unspecified atom stereocenters. The fourth-order valence-corrected chi connectivity index (χ4v) is 3.74. The molecule has 0 aliphatic rings. The van der Waals surface area contributed by atoms with Crippen molar-refractivity contribution in [1.82, 2.24) is 0 Å². The van der Waals surface area contributed by atoms with Gasteiger partial charge in [-0.1, -0.05) is 66.7 Å². The zero-order valence-corrected chi connectivity index (χ0v) is 18.3. The molecular formula is C27H30O5. The minimum atomic E-state index is -0.946. The van der Waals surface area contributed by atoms with Gasteiger partial charge in [0.1, 0.15) is 5.75 Å². The lowest BCUT2D eigenvalue weighted by molar-refractivity contribution is -0.149. The van der Waals surface area contributed by atoms with Crippen LogP contribution in [0.2, 0.25) is 0 Å². The predicted octanol–water partition coefficient (Wildman–Crippen LogP) is 4.96. The van der Waals surface area contributed by atoms with Crippen LogP contribution < -0.4 is 4.74 Å². The number of methoxy groups -OCH3 is 1. The van der Waals surface area contributed by atoms with Gasteiger partial charge in [-0.15, -0.1) is 0 Å². The van der Waals surface area contributed by atoms with Gasteiger partial charge in [0.2, 0.25) is 0 Å². The lowest BCUT2D eigenvalue weighted by Crippen LogP contribution is -2.32. The molecule has 5 heteroatoms. The fraction of sp³-hybridized carbons (Fsp3) is 0.296. The Morgan fingerprint density at radius 2 is 1.47 bits per heavy atom. The molecule has 0 aliphatic heterocycles. The number of rotatable bonds is 12. The summed E-state index contributed by atoms with van der Waals surface area (Å²) in [6.07, 6.45) is 0.904. The number of hydrogen-bond donors (Lipinski definition) is 2. The van der Waals surface area contributed by atoms with Gasteiger partial charge in [0.25, 0.3) is 0 Å². The monoisotopic (exact) mass is 434 g/mol. The van der Waals surface area contributed by atoms with Gasteiger partial charge in [0.15, 0.2) is 0 Å². The van der Waals surface area contributed by atoms with Crippen molar-refractivity contribution in [1.29, 1.82) is 0 Å². The SMILES string of the molecule is COc1ccc(COC(CCc2ccc(-c3ccccc3)cc2)C(CCO)C(=O)O)cc1. The number of ether oxygens (including phenoxy) is 2. The summed E-state index contributed by atoms with van der Waals surface area (Å²) in [5.41, 5.74) is 4.37. The molecule has 3 aromatic carbocycles. The minimum absolute atomic E-state index is 0.162. The van der Waals surface area contributed by atoms with Gasteiger partial charge in [-0.2, -0.15) is 0 Å². The molecule has 0 saturated heterocycles. The van der Waals surface area contributed by atoms with Crippen LogP contribution in [-0.4, -0.2) is 36.0 Å². The molecule has 32 heavy (non-hydrogen) atoms. The van der Waals surface area contributed by atoms with Gasteiger partial charge in [0, 0.05) is 6.61 Å². The van der Waals surface area contributed by atoms with Crippen molar-refractivity contribution in [3.8, 4) is 16.9 Å². The predicted molar refractivity (Wildman–Crippen MR) is 125 cm³/mol. The van der Waals surface area contributed by atoms with Crippen molar-refractivity contribution in [2.45, 2.75) is 32.0 Å². The van der Waals surface area contributed by atoms with E-state index >= 15 is 0 Å². The van der Waals surface area contributed by atoms with E-state index in [1.54, 1.807) is 7.11 Å². The molecule has 3 rings (SSSR count). The van der Waals surface area contributed by atoms with Gasteiger partial charge < -0.3 is 19.7 Å². The number of aliphatic carboxylic acids is 1. The Kier molecular flexibility index (Phi) is 8.84. The fourth-order valence-electron chi connectivity index (χ4n) is 3.74. The summed E-state index contributed by atoms with van der Waals surface area (Å²) >= 11 is 0. The highest BCUT2D eigenvalue weighted by Crippen LogP contribution is 2.23. The first kappa shape index (κ1) is 23.5. The van der Waals surface area contributed by atoms with Crippen molar-refractivity contribution in [3.63, 3.8) is 0 Å². The van der Waals surface area contributed by atoms with Crippen LogP contribution in [0.5, 0.6) is 5.75 Å². The van der Waals surface area contributed by atoms with E-state index in [0.717, 1.165) is 28.0 Å². The normalized spacial score (nSPS) is 12.8. The molecule has 0 saturated carbocycles. The van der Waals surface area contributed by atoms with Crippen LogP contribution in [-0.2, 0) is 22.6 Å². The molecular weight excluding hydrogens is 404 g/mol. The van der Waals surface area contributed by atoms with Crippen LogP contribution in [0.25, 0.3) is 11.1 Å². The van der Waals surface area contributed by atoms with E-state index in [-0.39, 0.29) is 13.0 Å². The van der Waals surface area contributed by atoms with E-state index < -0.39 is 18.0 Å². The van der Waals surface area contributed by atoms with Crippen LogP contribution in [0.3, 0.4) is 0 Å². The molecule has 0 bridgehead atoms. The Morgan fingerprint density at radius 1 is 0.844 bits per heavy atom. The van der Waals surface area contributed by atoms with Crippen molar-refractivity contribution < 1.29 is 24.5 Å². The number of benzene rings is 3. The van der Waals surface area contributed by atoms with Crippen molar-refractivity contribution in [3.05, 3.63) is 90.0 Å². The summed E-state index contributed by atoms with van der Waals surface area (Å²) in [6.45, 7) is 0.113. The average molecular weight is 435 g/mol. The van der Waals surface area contributed by atoms with E-state index in [4.69, 9.17) is 9.47 Å². The first-order valence-corrected chi connectivity index (χ1v) is 10.8. The van der Waals surface area contributed by atoms with Gasteiger partial charge in [0.05, 0.1) is 25.7 Å². The number of carbonyl (C=O) groups is 1. The number of aliphatic hydroxyl groups is 1. The maximum Gasteiger partial charge on any atom is 0.309 e. The highest BCUT2D eigenvalue weighted by Gasteiger charge is 2.28. The minimum Gasteiger partial charge on any atom is -0.497 e. The van der Waals surface area contributed by atoms with Crippen LogP contribution in [0, 0.1) is 5.92 Å². The third kappa shape index (κ3) is 6.67. The second-order valence-corrected chi connectivity index (χ2v) is 7.76. The van der Waals surface area contributed by atoms with Crippen molar-refractivity contribution in [2.75, 3.05) is 13.7 Å². The van der Waals surface area contributed by atoms with E-state index in [2.05, 4.69) is 36.4 Å². The van der Waals surface area contributed by atoms with Crippen LogP contribution in [0.4, 0.5) is 0 Å². The summed E-state index contributed by atoms with van der Waals surface area (Å²) in [4.78, 5) is 11.8. The van der Waals surface area contributed by atoms with Gasteiger partial charge >= 0.3 is 5.97 Å². The lowest BCUT2D eigenvalue weighted by atomic mass is 9.93. The number of aliphatic hydroxyl groups excluding tert-OH is 1. The number of carboxylic acid groups (broad SMARTS) is 1. The Labute approximate surface area is 189 Å². The quantitative estimate of drug-likeness (QED) is 0.421. The first-order chi connectivity index (χ1) is 15.6. The Bertz CT molecular complexity index is 952. The third-order valence-corrected chi connectivity index (χ3v) is 5.61. The highest BCUT2D eigenvalue weighted by atomic mass is 16.5. The zero-order valence-electron chi connectivity index (χ0n) is 18.3. The molecule has 168 valence electrons. The second kappa shape index (κ2) is 12.0. The molecule has 0 radical (unpaired) electrons. The summed E-state index contributed by atoms with van der Waals surface area (Å²) in [7, 11) is 1.61. The van der Waals surface area contributed by atoms with Crippen LogP contribution in [0.15, 0.2) is 78.9 Å². The molecule has 0 heterocycles. The average Bonchev–Trinajstić information content (AvgIpc) is 2.84. The highest BCUT2D eigenvalue weighted by molar-refractivity contribution is 5.70. The van der Waals surface area contributed by atoms with Crippen molar-refractivity contribution >= 4 is 5.97 Å². The third-order valence-electron chi connectivity index (χ3n) is 5.61. The zero-order chi connectivity index (χ0) is 22.8. The Hall–Kier alpha value is -3.15. The topological polar surface area (TPSA) is 76.0 Å². The first-order valence-electron chi connectivity index (χ1n) is 10.8. The van der Waals surface area contributed by atoms with E-state index in [0.29, 0.717) is 19.4 Å². The smallest absolute Gasteiger partial charge is 0.309 e. The number of hydrogen-bond acceptors (Lipinski definition) is 4. The van der Waals surface area contributed by atoms with E-state index in [1.807, 2.05) is 42.5 Å². The summed E-state index contributed by atoms with van der Waals surface area (Å²) < 4.78 is 11.2. The molecule has 0 aromatic heterocycles. The Balaban J connectivity index is 1.66. The standard InChI is InChI=1S/C27H30O5/c1-31-24-14-9-21(10-15-24)19-32-26(25(17-18-28)27(29)30)16-11-20-7-12-23(13-8-20)22-5-3-2-4-6-22/h2-10,12-15,25-26,28H,11,16-19H2,1H3,(H,29,30). The molecule has 0 aliphatic carbocycles. The largest absolute Gasteiger partial charge is 0.497 e. The van der Waals surface area contributed by atoms with Gasteiger partial charge in [-0.05, 0) is 53.6 Å². The maximum absolute atomic E-state index is 11.8. The molecule has 0 amide bonds. The maximum atomic E-state index is 11.8. The Morgan fingerprint density at radius 3 is 2.06 bits per heavy atom. The number of carboxylic acids is 1. The summed E-state index contributed by atoms with van der Waals surface area (Å²) in [6, 6.07) is 26.0. The summed E-state index contributed by atoms with van der Waals surface area (Å²) in [5, 5.41) is 19.1. The molecule has 5 nitrogen and oxygen atoms in total. The molecule has 0 fully saturated rings. The summed E-state index contributed by atoms with van der Waals surface area (Å²) in [5.74, 6) is -0.951. The van der Waals surface area contributed by atoms with Gasteiger partial charge in [-0.3, -0.25) is 4.79 Å². The number of aryl methyl sites for hydroxylation is 1. The van der Waals surface area contributed by atoms with Crippen LogP contribution in [0.1, 0.15) is 24.0 Å². The van der Waals surface area contributed by atoms with Gasteiger partial charge in [-0.25, -0.2) is 0 Å². The molecule has 2 atom stereocenters. The van der Waals surface area contributed by atoms with E-state index in [1.165, 1.54) is 0 Å².